The van der Waals surface area contributed by atoms with Crippen LogP contribution >= 0.6 is 54.6 Å². The second-order valence-corrected chi connectivity index (χ2v) is 31.4. The summed E-state index contributed by atoms with van der Waals surface area (Å²) in [5.41, 5.74) is 2.84. The minimum Gasteiger partial charge on any atom is -0.264 e. The van der Waals surface area contributed by atoms with Gasteiger partial charge in [-0.15, -0.1) is 11.3 Å². The van der Waals surface area contributed by atoms with Crippen LogP contribution in [0.15, 0.2) is 395 Å². The first-order valence-electron chi connectivity index (χ1n) is 30.7. The number of rotatable bonds is 13. The number of hydrogen-bond acceptors (Lipinski definition) is 4. The van der Waals surface area contributed by atoms with E-state index >= 15 is 0 Å². The Balaban J connectivity index is 0.000000128. The van der Waals surface area contributed by atoms with Gasteiger partial charge in [0.2, 0.25) is 0 Å². The van der Waals surface area contributed by atoms with Crippen molar-refractivity contribution in [3.8, 4) is 11.1 Å². The van der Waals surface area contributed by atoms with Crippen molar-refractivity contribution in [3.05, 3.63) is 405 Å². The minimum absolute atomic E-state index is 0. The number of halogens is 1. The van der Waals surface area contributed by atoms with Crippen LogP contribution in [-0.4, -0.2) is 15.0 Å². The van der Waals surface area contributed by atoms with Crippen molar-refractivity contribution in [1.29, 1.82) is 0 Å². The molecule has 0 unspecified atom stereocenters. The summed E-state index contributed by atoms with van der Waals surface area (Å²) >= 11 is 7.67. The number of aromatic nitrogens is 3. The zero-order chi connectivity index (χ0) is 63.5. The number of pyridine rings is 2. The van der Waals surface area contributed by atoms with E-state index in [1.54, 1.807) is 23.7 Å². The molecule has 0 atom stereocenters. The van der Waals surface area contributed by atoms with Crippen LogP contribution in [0, 0.1) is 6.92 Å². The third-order valence-corrected chi connectivity index (χ3v) is 25.7. The van der Waals surface area contributed by atoms with Crippen LogP contribution in [0.25, 0.3) is 21.3 Å². The normalized spacial score (nSPS) is 10.5. The van der Waals surface area contributed by atoms with Gasteiger partial charge in [-0.2, -0.15) is 0 Å². The maximum absolute atomic E-state index is 6.05. The molecule has 0 spiro atoms. The van der Waals surface area contributed by atoms with Crippen molar-refractivity contribution in [3.63, 3.8) is 0 Å². The topological polar surface area (TPSA) is 38.7 Å². The van der Waals surface area contributed by atoms with E-state index in [0.29, 0.717) is 5.15 Å². The van der Waals surface area contributed by atoms with Gasteiger partial charge in [-0.25, -0.2) is 9.97 Å². The van der Waals surface area contributed by atoms with E-state index in [1.807, 2.05) is 25.3 Å². The van der Waals surface area contributed by atoms with E-state index in [0.717, 1.165) is 26.4 Å². The molecule has 0 saturated heterocycles. The van der Waals surface area contributed by atoms with Crippen LogP contribution in [0.4, 0.5) is 0 Å². The quantitative estimate of drug-likeness (QED) is 0.0656. The second-order valence-electron chi connectivity index (χ2n) is 21.0. The van der Waals surface area contributed by atoms with Crippen LogP contribution in [-0.2, 0) is 20.4 Å². The van der Waals surface area contributed by atoms with Crippen molar-refractivity contribution < 1.29 is 20.4 Å². The molecule has 3 nitrogen and oxygen atoms in total. The summed E-state index contributed by atoms with van der Waals surface area (Å²) in [5, 5.41) is 18.2. The molecular formula is C84H68ClN3P4PdS. The predicted octanol–water partition coefficient (Wildman–Crippen LogP) is 17.5. The molecule has 10 heteroatoms. The van der Waals surface area contributed by atoms with E-state index in [-0.39, 0.29) is 20.4 Å². The number of fused-ring (bicyclic) bond motifs is 1. The Bertz CT molecular complexity index is 3700. The number of thiazole rings is 1. The summed E-state index contributed by atoms with van der Waals surface area (Å²) in [6.07, 6.45) is 5.35. The number of aryl methyl sites for hydroxylation is 1. The Morgan fingerprint density at radius 3 is 0.681 bits per heavy atom. The van der Waals surface area contributed by atoms with Gasteiger partial charge in [-0.05, 0) is 108 Å². The van der Waals surface area contributed by atoms with E-state index in [2.05, 4.69) is 379 Å². The molecule has 0 fully saturated rings. The van der Waals surface area contributed by atoms with E-state index in [4.69, 9.17) is 11.6 Å². The smallest absolute Gasteiger partial charge is 0.156 e. The molecule has 3 aromatic heterocycles. The average Bonchev–Trinajstić information content (AvgIpc) is 1.76. The van der Waals surface area contributed by atoms with Crippen molar-refractivity contribution in [2.45, 2.75) is 6.92 Å². The fourth-order valence-electron chi connectivity index (χ4n) is 10.4. The minimum atomic E-state index is -0.446. The van der Waals surface area contributed by atoms with Gasteiger partial charge in [0.15, 0.2) is 5.15 Å². The Kier molecular flexibility index (Phi) is 26.8. The fourth-order valence-corrected chi connectivity index (χ4v) is 20.8. The van der Waals surface area contributed by atoms with E-state index in [1.165, 1.54) is 63.7 Å². The molecule has 0 aliphatic heterocycles. The van der Waals surface area contributed by atoms with Crippen LogP contribution in [0.5, 0.6) is 0 Å². The molecule has 0 saturated carbocycles. The van der Waals surface area contributed by atoms with Gasteiger partial charge in [0.1, 0.15) is 5.52 Å². The fraction of sp³-hybridized carbons (Fsp3) is 0.0119. The van der Waals surface area contributed by atoms with Crippen LogP contribution < -0.4 is 63.7 Å². The SMILES string of the molecule is Cc1nc2c(Cl)ncc(-c3cccnc3)c2s1.[Pd].c1ccc(P(c2ccccc2)c2ccccc2)cc1.c1ccc(P(c2ccccc2)c2ccccc2)cc1.c1ccc(P(c2ccccc2)c2ccccc2)cc1.c1ccc(P(c2ccccc2)c2ccccc2)cc1. The molecule has 0 aliphatic rings. The Morgan fingerprint density at radius 1 is 0.277 bits per heavy atom. The molecule has 12 aromatic carbocycles. The van der Waals surface area contributed by atoms with Crippen molar-refractivity contribution >= 4 is 128 Å². The third kappa shape index (κ3) is 19.1. The first-order chi connectivity index (χ1) is 46.1. The largest absolute Gasteiger partial charge is 0.264 e. The first-order valence-corrected chi connectivity index (χ1v) is 37.2. The predicted molar refractivity (Wildman–Crippen MR) is 411 cm³/mol. The zero-order valence-electron chi connectivity index (χ0n) is 51.8. The summed E-state index contributed by atoms with van der Waals surface area (Å²) in [7, 11) is -1.78. The maximum Gasteiger partial charge on any atom is 0.156 e. The number of nitrogens with zero attached hydrogens (tertiary/aromatic N) is 3. The molecule has 0 N–H and O–H groups in total. The monoisotopic (exact) mass is 1420 g/mol. The van der Waals surface area contributed by atoms with Crippen LogP contribution in [0.3, 0.4) is 0 Å². The molecule has 0 aliphatic carbocycles. The molecule has 15 rings (SSSR count). The van der Waals surface area contributed by atoms with Crippen LogP contribution in [0.2, 0.25) is 5.15 Å². The van der Waals surface area contributed by atoms with E-state index < -0.39 is 31.7 Å². The van der Waals surface area contributed by atoms with Gasteiger partial charge in [0.25, 0.3) is 0 Å². The van der Waals surface area contributed by atoms with Gasteiger partial charge in [0, 0.05) is 50.1 Å². The zero-order valence-corrected chi connectivity index (χ0v) is 58.5. The third-order valence-electron chi connectivity index (χ3n) is 14.6. The molecule has 94 heavy (non-hydrogen) atoms. The summed E-state index contributed by atoms with van der Waals surface area (Å²) in [4.78, 5) is 12.7. The van der Waals surface area contributed by atoms with Gasteiger partial charge in [-0.3, -0.25) is 4.98 Å². The summed E-state index contributed by atoms with van der Waals surface area (Å²) < 4.78 is 1.07. The average molecular weight is 1420 g/mol. The van der Waals surface area contributed by atoms with Crippen LogP contribution in [0.1, 0.15) is 5.01 Å². The number of hydrogen-bond donors (Lipinski definition) is 0. The second kappa shape index (κ2) is 36.8. The standard InChI is InChI=1S/4C18H15P.C12H8ClN3S.Pd/c4*1-4-10-16(11-5-1)19(17-12-6-2-7-13-17)18-14-8-3-9-15-18;1-7-16-10-11(17-7)9(6-15-12(10)13)8-3-2-4-14-5-8;/h4*1-15H;2-6H,1H3;. The Hall–Kier alpha value is -8.50. The summed E-state index contributed by atoms with van der Waals surface area (Å²) in [6, 6.07) is 133. The summed E-state index contributed by atoms with van der Waals surface area (Å²) in [6.45, 7) is 1.97. The molecule has 0 radical (unpaired) electrons. The molecule has 3 heterocycles. The van der Waals surface area contributed by atoms with Crippen molar-refractivity contribution in [2.24, 2.45) is 0 Å². The Morgan fingerprint density at radius 2 is 0.489 bits per heavy atom. The summed E-state index contributed by atoms with van der Waals surface area (Å²) in [5.74, 6) is 0. The molecule has 0 bridgehead atoms. The molecule has 15 aromatic rings. The molecule has 462 valence electrons. The Labute approximate surface area is 582 Å². The van der Waals surface area contributed by atoms with Gasteiger partial charge >= 0.3 is 0 Å². The van der Waals surface area contributed by atoms with Gasteiger partial charge in [-0.1, -0.05) is 382 Å². The van der Waals surface area contributed by atoms with Crippen molar-refractivity contribution in [2.75, 3.05) is 0 Å². The van der Waals surface area contributed by atoms with Gasteiger partial charge < -0.3 is 0 Å². The first kappa shape index (κ1) is 68.4. The molecule has 0 amide bonds. The maximum atomic E-state index is 6.05. The van der Waals surface area contributed by atoms with Gasteiger partial charge in [0.05, 0.1) is 9.71 Å². The molecular weight excluding hydrogens is 1350 g/mol. The van der Waals surface area contributed by atoms with Crippen molar-refractivity contribution in [1.82, 2.24) is 15.0 Å². The van der Waals surface area contributed by atoms with E-state index in [9.17, 15) is 0 Å². The number of benzene rings is 12.